The van der Waals surface area contributed by atoms with Crippen molar-refractivity contribution in [1.82, 2.24) is 0 Å². The van der Waals surface area contributed by atoms with Gasteiger partial charge >= 0.3 is 6.03 Å². The van der Waals surface area contributed by atoms with E-state index in [1.165, 1.54) is 7.11 Å². The fourth-order valence-electron chi connectivity index (χ4n) is 2.61. The Kier molecular flexibility index (Phi) is 7.13. The van der Waals surface area contributed by atoms with Crippen molar-refractivity contribution in [3.63, 3.8) is 0 Å². The van der Waals surface area contributed by atoms with E-state index in [1.54, 1.807) is 66.7 Å². The third-order valence-electron chi connectivity index (χ3n) is 3.91. The van der Waals surface area contributed by atoms with Crippen LogP contribution in [0.2, 0.25) is 5.02 Å². The summed E-state index contributed by atoms with van der Waals surface area (Å²) in [6.07, 6.45) is 0. The van der Waals surface area contributed by atoms with Gasteiger partial charge in [0, 0.05) is 22.1 Å². The van der Waals surface area contributed by atoms with Crippen molar-refractivity contribution < 1.29 is 19.1 Å². The number of methoxy groups -OCH3 is 1. The topological polar surface area (TPSA) is 88.7 Å². The summed E-state index contributed by atoms with van der Waals surface area (Å²) in [4.78, 5) is 24.4. The van der Waals surface area contributed by atoms with Crippen molar-refractivity contribution >= 4 is 40.6 Å². The maximum atomic E-state index is 12.2. The van der Waals surface area contributed by atoms with Gasteiger partial charge < -0.3 is 25.4 Å². The zero-order chi connectivity index (χ0) is 21.3. The Hall–Kier alpha value is -3.71. The van der Waals surface area contributed by atoms with E-state index in [9.17, 15) is 9.59 Å². The van der Waals surface area contributed by atoms with Crippen molar-refractivity contribution in [2.45, 2.75) is 0 Å². The number of anilines is 3. The first kappa shape index (κ1) is 21.0. The number of rotatable bonds is 7. The van der Waals surface area contributed by atoms with Crippen molar-refractivity contribution in [3.05, 3.63) is 77.8 Å². The number of carbonyl (C=O) groups excluding carboxylic acids is 2. The molecular formula is C22H20ClN3O4. The number of benzene rings is 3. The smallest absolute Gasteiger partial charge is 0.323 e. The zero-order valence-electron chi connectivity index (χ0n) is 16.1. The Balaban J connectivity index is 1.54. The molecule has 3 aromatic rings. The second kappa shape index (κ2) is 10.2. The van der Waals surface area contributed by atoms with E-state index >= 15 is 0 Å². The number of carbonyl (C=O) groups is 2. The Morgan fingerprint density at radius 1 is 0.800 bits per heavy atom. The van der Waals surface area contributed by atoms with Gasteiger partial charge in [0.25, 0.3) is 5.91 Å². The predicted molar refractivity (Wildman–Crippen MR) is 118 cm³/mol. The summed E-state index contributed by atoms with van der Waals surface area (Å²) in [5, 5.41) is 8.64. The number of urea groups is 1. The monoisotopic (exact) mass is 425 g/mol. The minimum atomic E-state index is -0.430. The van der Waals surface area contributed by atoms with Crippen LogP contribution in [-0.2, 0) is 4.79 Å². The first-order valence-electron chi connectivity index (χ1n) is 9.03. The molecule has 3 rings (SSSR count). The van der Waals surface area contributed by atoms with Crippen LogP contribution in [-0.4, -0.2) is 25.7 Å². The Labute approximate surface area is 179 Å². The second-order valence-corrected chi connectivity index (χ2v) is 6.59. The molecule has 3 N–H and O–H groups in total. The van der Waals surface area contributed by atoms with Crippen molar-refractivity contribution in [2.75, 3.05) is 29.7 Å². The second-order valence-electron chi connectivity index (χ2n) is 6.16. The molecule has 7 nitrogen and oxygen atoms in total. The maximum absolute atomic E-state index is 12.2. The highest BCUT2D eigenvalue weighted by Crippen LogP contribution is 2.25. The van der Waals surface area contributed by atoms with E-state index in [-0.39, 0.29) is 12.5 Å². The summed E-state index contributed by atoms with van der Waals surface area (Å²) in [7, 11) is 1.53. The average Bonchev–Trinajstić information content (AvgIpc) is 2.72. The van der Waals surface area contributed by atoms with Crippen LogP contribution in [0.1, 0.15) is 0 Å². The SMILES string of the molecule is COc1ccccc1OCC(=O)Nc1cccc(NC(=O)Nc2cccc(Cl)c2)c1. The molecule has 3 amide bonds. The van der Waals surface area contributed by atoms with Gasteiger partial charge in [0.2, 0.25) is 0 Å². The van der Waals surface area contributed by atoms with Gasteiger partial charge in [-0.3, -0.25) is 4.79 Å². The van der Waals surface area contributed by atoms with E-state index in [1.807, 2.05) is 6.07 Å². The molecule has 0 fully saturated rings. The molecule has 0 spiro atoms. The lowest BCUT2D eigenvalue weighted by molar-refractivity contribution is -0.118. The number of hydrogen-bond donors (Lipinski definition) is 3. The number of para-hydroxylation sites is 2. The van der Waals surface area contributed by atoms with Crippen LogP contribution >= 0.6 is 11.6 Å². The minimum absolute atomic E-state index is 0.187. The Morgan fingerprint density at radius 3 is 2.07 bits per heavy atom. The fraction of sp³-hybridized carbons (Fsp3) is 0.0909. The number of ether oxygens (including phenoxy) is 2. The van der Waals surface area contributed by atoms with E-state index in [0.29, 0.717) is 33.6 Å². The normalized spacial score (nSPS) is 10.1. The van der Waals surface area contributed by atoms with Gasteiger partial charge in [-0.2, -0.15) is 0 Å². The molecule has 0 aliphatic heterocycles. The van der Waals surface area contributed by atoms with Gasteiger partial charge in [0.1, 0.15) is 0 Å². The highest BCUT2D eigenvalue weighted by Gasteiger charge is 2.09. The standard InChI is InChI=1S/C22H20ClN3O4/c1-29-19-10-2-3-11-20(19)30-14-21(27)24-17-8-5-9-18(13-17)26-22(28)25-16-7-4-6-15(23)12-16/h2-13H,14H2,1H3,(H,24,27)(H2,25,26,28). The fourth-order valence-corrected chi connectivity index (χ4v) is 2.80. The van der Waals surface area contributed by atoms with E-state index in [2.05, 4.69) is 16.0 Å². The predicted octanol–water partition coefficient (Wildman–Crippen LogP) is 5.01. The molecule has 154 valence electrons. The van der Waals surface area contributed by atoms with Gasteiger partial charge in [-0.1, -0.05) is 35.9 Å². The molecule has 3 aromatic carbocycles. The first-order valence-corrected chi connectivity index (χ1v) is 9.40. The van der Waals surface area contributed by atoms with Gasteiger partial charge in [-0.25, -0.2) is 4.79 Å². The molecule has 0 saturated heterocycles. The van der Waals surface area contributed by atoms with Gasteiger partial charge in [0.15, 0.2) is 18.1 Å². The van der Waals surface area contributed by atoms with Gasteiger partial charge in [-0.15, -0.1) is 0 Å². The van der Waals surface area contributed by atoms with Gasteiger partial charge in [-0.05, 0) is 48.5 Å². The molecule has 0 bridgehead atoms. The molecule has 0 aliphatic rings. The summed E-state index contributed by atoms with van der Waals surface area (Å²) in [6, 6.07) is 20.2. The summed E-state index contributed by atoms with van der Waals surface area (Å²) < 4.78 is 10.7. The average molecular weight is 426 g/mol. The molecule has 30 heavy (non-hydrogen) atoms. The summed E-state index contributed by atoms with van der Waals surface area (Å²) in [5.41, 5.74) is 1.60. The van der Waals surface area contributed by atoms with Crippen LogP contribution in [0, 0.1) is 0 Å². The summed E-state index contributed by atoms with van der Waals surface area (Å²) in [5.74, 6) is 0.673. The van der Waals surface area contributed by atoms with E-state index in [0.717, 1.165) is 0 Å². The molecule has 0 heterocycles. The Bertz CT molecular complexity index is 1040. The van der Waals surface area contributed by atoms with Crippen molar-refractivity contribution in [2.24, 2.45) is 0 Å². The summed E-state index contributed by atoms with van der Waals surface area (Å²) in [6.45, 7) is -0.187. The highest BCUT2D eigenvalue weighted by atomic mass is 35.5. The molecule has 0 atom stereocenters. The maximum Gasteiger partial charge on any atom is 0.323 e. The number of amides is 3. The van der Waals surface area contributed by atoms with Crippen molar-refractivity contribution in [1.29, 1.82) is 0 Å². The Morgan fingerprint density at radius 2 is 1.40 bits per heavy atom. The lowest BCUT2D eigenvalue weighted by Gasteiger charge is -2.12. The molecular weight excluding hydrogens is 406 g/mol. The largest absolute Gasteiger partial charge is 0.493 e. The lowest BCUT2D eigenvalue weighted by Crippen LogP contribution is -2.21. The van der Waals surface area contributed by atoms with Crippen molar-refractivity contribution in [3.8, 4) is 11.5 Å². The van der Waals surface area contributed by atoms with Crippen LogP contribution in [0.3, 0.4) is 0 Å². The van der Waals surface area contributed by atoms with E-state index < -0.39 is 6.03 Å². The molecule has 0 aliphatic carbocycles. The van der Waals surface area contributed by atoms with Gasteiger partial charge in [0.05, 0.1) is 7.11 Å². The first-order chi connectivity index (χ1) is 14.5. The van der Waals surface area contributed by atoms with Crippen LogP contribution in [0.4, 0.5) is 21.9 Å². The third-order valence-corrected chi connectivity index (χ3v) is 4.15. The minimum Gasteiger partial charge on any atom is -0.493 e. The van der Waals surface area contributed by atoms with Crippen LogP contribution in [0.5, 0.6) is 11.5 Å². The number of halogens is 1. The molecule has 0 unspecified atom stereocenters. The third kappa shape index (κ3) is 6.15. The molecule has 0 saturated carbocycles. The van der Waals surface area contributed by atoms with Crippen LogP contribution < -0.4 is 25.4 Å². The van der Waals surface area contributed by atoms with Crippen LogP contribution in [0.15, 0.2) is 72.8 Å². The van der Waals surface area contributed by atoms with E-state index in [4.69, 9.17) is 21.1 Å². The van der Waals surface area contributed by atoms with Crippen LogP contribution in [0.25, 0.3) is 0 Å². The lowest BCUT2D eigenvalue weighted by atomic mass is 10.2. The molecule has 8 heteroatoms. The molecule has 0 radical (unpaired) electrons. The quantitative estimate of drug-likeness (QED) is 0.496. The highest BCUT2D eigenvalue weighted by molar-refractivity contribution is 6.30. The summed E-state index contributed by atoms with van der Waals surface area (Å²) >= 11 is 5.91. The molecule has 0 aromatic heterocycles. The number of hydrogen-bond acceptors (Lipinski definition) is 4. The number of nitrogens with one attached hydrogen (secondary N) is 3. The zero-order valence-corrected chi connectivity index (χ0v) is 16.9.